The van der Waals surface area contributed by atoms with Crippen molar-refractivity contribution in [3.8, 4) is 5.75 Å². The van der Waals surface area contributed by atoms with E-state index < -0.39 is 0 Å². The summed E-state index contributed by atoms with van der Waals surface area (Å²) in [5.74, 6) is 0.707. The quantitative estimate of drug-likeness (QED) is 0.717. The number of benzene rings is 2. The molecule has 1 aromatic heterocycles. The van der Waals surface area contributed by atoms with E-state index in [-0.39, 0.29) is 0 Å². The van der Waals surface area contributed by atoms with Gasteiger partial charge in [-0.25, -0.2) is 0 Å². The molecular weight excluding hydrogens is 281 g/mol. The van der Waals surface area contributed by atoms with Crippen molar-refractivity contribution in [2.24, 2.45) is 0 Å². The molecular formula is C15H11Cl2NO. The van der Waals surface area contributed by atoms with E-state index in [1.165, 1.54) is 0 Å². The SMILES string of the molecule is Clc1cc(OCc2ccccc2)c2[nH]ccc2c1Cl. The van der Waals surface area contributed by atoms with Gasteiger partial charge in [0.25, 0.3) is 0 Å². The van der Waals surface area contributed by atoms with Crippen LogP contribution in [0.3, 0.4) is 0 Å². The zero-order valence-electron chi connectivity index (χ0n) is 9.99. The van der Waals surface area contributed by atoms with E-state index >= 15 is 0 Å². The molecule has 1 heterocycles. The number of ether oxygens (including phenoxy) is 1. The van der Waals surface area contributed by atoms with Crippen LogP contribution in [0.4, 0.5) is 0 Å². The smallest absolute Gasteiger partial charge is 0.145 e. The molecule has 0 atom stereocenters. The van der Waals surface area contributed by atoms with Gasteiger partial charge >= 0.3 is 0 Å². The van der Waals surface area contributed by atoms with Gasteiger partial charge < -0.3 is 9.72 Å². The molecule has 3 aromatic rings. The number of aromatic amines is 1. The van der Waals surface area contributed by atoms with Crippen LogP contribution in [0.15, 0.2) is 48.7 Å². The van der Waals surface area contributed by atoms with Crippen LogP contribution in [0, 0.1) is 0 Å². The molecule has 3 rings (SSSR count). The van der Waals surface area contributed by atoms with E-state index in [4.69, 9.17) is 27.9 Å². The third-order valence-electron chi connectivity index (χ3n) is 2.93. The van der Waals surface area contributed by atoms with Crippen LogP contribution in [0.5, 0.6) is 5.75 Å². The van der Waals surface area contributed by atoms with Crippen LogP contribution in [-0.2, 0) is 6.61 Å². The molecule has 0 unspecified atom stereocenters. The van der Waals surface area contributed by atoms with E-state index in [1.54, 1.807) is 6.07 Å². The van der Waals surface area contributed by atoms with Crippen LogP contribution in [0.1, 0.15) is 5.56 Å². The zero-order chi connectivity index (χ0) is 13.2. The highest BCUT2D eigenvalue weighted by Gasteiger charge is 2.11. The van der Waals surface area contributed by atoms with Gasteiger partial charge in [-0.1, -0.05) is 53.5 Å². The lowest BCUT2D eigenvalue weighted by Crippen LogP contribution is -1.96. The number of halogens is 2. The zero-order valence-corrected chi connectivity index (χ0v) is 11.5. The fraction of sp³-hybridized carbons (Fsp3) is 0.0667. The van der Waals surface area contributed by atoms with Crippen molar-refractivity contribution in [1.82, 2.24) is 4.98 Å². The molecule has 0 radical (unpaired) electrons. The minimum Gasteiger partial charge on any atom is -0.487 e. The van der Waals surface area contributed by atoms with Gasteiger partial charge in [0.2, 0.25) is 0 Å². The summed E-state index contributed by atoms with van der Waals surface area (Å²) < 4.78 is 5.83. The molecule has 0 saturated heterocycles. The van der Waals surface area contributed by atoms with Gasteiger partial charge in [-0.05, 0) is 11.6 Å². The number of hydrogen-bond acceptors (Lipinski definition) is 1. The lowest BCUT2D eigenvalue weighted by molar-refractivity contribution is 0.309. The van der Waals surface area contributed by atoms with Crippen LogP contribution in [0.2, 0.25) is 10.0 Å². The predicted molar refractivity (Wildman–Crippen MR) is 79.1 cm³/mol. The molecule has 0 bridgehead atoms. The predicted octanol–water partition coefficient (Wildman–Crippen LogP) is 5.05. The Balaban J connectivity index is 1.93. The normalized spacial score (nSPS) is 10.8. The average Bonchev–Trinajstić information content (AvgIpc) is 2.92. The molecule has 0 saturated carbocycles. The first-order valence-corrected chi connectivity index (χ1v) is 6.63. The summed E-state index contributed by atoms with van der Waals surface area (Å²) in [6.45, 7) is 0.493. The first-order chi connectivity index (χ1) is 9.25. The summed E-state index contributed by atoms with van der Waals surface area (Å²) in [5.41, 5.74) is 1.97. The van der Waals surface area contributed by atoms with Gasteiger partial charge in [-0.3, -0.25) is 0 Å². The van der Waals surface area contributed by atoms with Gasteiger partial charge in [0.15, 0.2) is 0 Å². The van der Waals surface area contributed by atoms with Gasteiger partial charge in [-0.2, -0.15) is 0 Å². The minimum absolute atomic E-state index is 0.493. The van der Waals surface area contributed by atoms with Crippen LogP contribution < -0.4 is 4.74 Å². The molecule has 2 nitrogen and oxygen atoms in total. The second-order valence-electron chi connectivity index (χ2n) is 4.21. The standard InChI is InChI=1S/C15H11Cl2NO/c16-12-8-13(15-11(14(12)17)6-7-18-15)19-9-10-4-2-1-3-5-10/h1-8,18H,9H2. The molecule has 2 aromatic carbocycles. The minimum atomic E-state index is 0.493. The summed E-state index contributed by atoms with van der Waals surface area (Å²) in [7, 11) is 0. The Morgan fingerprint density at radius 3 is 2.63 bits per heavy atom. The fourth-order valence-electron chi connectivity index (χ4n) is 1.98. The molecule has 19 heavy (non-hydrogen) atoms. The van der Waals surface area contributed by atoms with Crippen molar-refractivity contribution in [1.29, 1.82) is 0 Å². The summed E-state index contributed by atoms with van der Waals surface area (Å²) in [5, 5.41) is 1.92. The highest BCUT2D eigenvalue weighted by molar-refractivity contribution is 6.45. The third kappa shape index (κ3) is 2.42. The average molecular weight is 292 g/mol. The second kappa shape index (κ2) is 5.16. The molecule has 0 aliphatic rings. The Hall–Kier alpha value is -1.64. The molecule has 0 amide bonds. The Kier molecular flexibility index (Phi) is 3.36. The highest BCUT2D eigenvalue weighted by Crippen LogP contribution is 2.36. The first-order valence-electron chi connectivity index (χ1n) is 5.87. The summed E-state index contributed by atoms with van der Waals surface area (Å²) in [6, 6.07) is 13.6. The van der Waals surface area contributed by atoms with Crippen molar-refractivity contribution >= 4 is 34.1 Å². The fourth-order valence-corrected chi connectivity index (χ4v) is 2.40. The van der Waals surface area contributed by atoms with Gasteiger partial charge in [0, 0.05) is 17.6 Å². The molecule has 0 aliphatic carbocycles. The molecule has 1 N–H and O–H groups in total. The van der Waals surface area contributed by atoms with Gasteiger partial charge in [-0.15, -0.1) is 0 Å². The Labute approximate surface area is 120 Å². The van der Waals surface area contributed by atoms with Crippen LogP contribution >= 0.6 is 23.2 Å². The summed E-state index contributed by atoms with van der Waals surface area (Å²) in [4.78, 5) is 3.12. The van der Waals surface area contributed by atoms with E-state index in [2.05, 4.69) is 4.98 Å². The molecule has 0 aliphatic heterocycles. The van der Waals surface area contributed by atoms with E-state index in [1.807, 2.05) is 42.6 Å². The number of aromatic nitrogens is 1. The number of fused-ring (bicyclic) bond motifs is 1. The Morgan fingerprint density at radius 1 is 1.05 bits per heavy atom. The maximum Gasteiger partial charge on any atom is 0.145 e. The van der Waals surface area contributed by atoms with Crippen molar-refractivity contribution in [3.05, 3.63) is 64.3 Å². The van der Waals surface area contributed by atoms with E-state index in [9.17, 15) is 0 Å². The maximum atomic E-state index is 6.15. The molecule has 96 valence electrons. The Bertz CT molecular complexity index is 707. The molecule has 4 heteroatoms. The number of rotatable bonds is 3. The van der Waals surface area contributed by atoms with Crippen molar-refractivity contribution in [2.75, 3.05) is 0 Å². The monoisotopic (exact) mass is 291 g/mol. The third-order valence-corrected chi connectivity index (χ3v) is 3.74. The first kappa shape index (κ1) is 12.4. The summed E-state index contributed by atoms with van der Waals surface area (Å²) >= 11 is 12.3. The maximum absolute atomic E-state index is 6.15. The van der Waals surface area contributed by atoms with Crippen molar-refractivity contribution in [2.45, 2.75) is 6.61 Å². The largest absolute Gasteiger partial charge is 0.487 e. The number of H-pyrrole nitrogens is 1. The number of hydrogen-bond donors (Lipinski definition) is 1. The lowest BCUT2D eigenvalue weighted by atomic mass is 10.2. The van der Waals surface area contributed by atoms with Crippen LogP contribution in [0.25, 0.3) is 10.9 Å². The second-order valence-corrected chi connectivity index (χ2v) is 5.00. The van der Waals surface area contributed by atoms with Gasteiger partial charge in [0.05, 0.1) is 15.6 Å². The van der Waals surface area contributed by atoms with E-state index in [0.29, 0.717) is 22.4 Å². The van der Waals surface area contributed by atoms with E-state index in [0.717, 1.165) is 16.5 Å². The molecule has 0 spiro atoms. The Morgan fingerprint density at radius 2 is 1.84 bits per heavy atom. The van der Waals surface area contributed by atoms with Crippen LogP contribution in [-0.4, -0.2) is 4.98 Å². The highest BCUT2D eigenvalue weighted by atomic mass is 35.5. The van der Waals surface area contributed by atoms with Gasteiger partial charge in [0.1, 0.15) is 12.4 Å². The van der Waals surface area contributed by atoms with Crippen molar-refractivity contribution in [3.63, 3.8) is 0 Å². The summed E-state index contributed by atoms with van der Waals surface area (Å²) in [6.07, 6.45) is 1.82. The topological polar surface area (TPSA) is 25.0 Å². The molecule has 0 fully saturated rings. The van der Waals surface area contributed by atoms with Crippen molar-refractivity contribution < 1.29 is 4.74 Å². The lowest BCUT2D eigenvalue weighted by Gasteiger charge is -2.09. The number of nitrogens with one attached hydrogen (secondary N) is 1.